The maximum Gasteiger partial charge on any atom is 0.115 e. The quantitative estimate of drug-likeness (QED) is 0.886. The standard InChI is InChI=1S/C17H25N3O/c1-13(14-5-7-15(21)8-6-14)19-16(17(2,3)4)11-20-10-9-18-12-20/h5-10,12-13,16,19,21H,11H2,1-4H3. The van der Waals surface area contributed by atoms with Gasteiger partial charge in [-0.25, -0.2) is 4.98 Å². The minimum Gasteiger partial charge on any atom is -0.508 e. The average Bonchev–Trinajstić information content (AvgIpc) is 2.90. The molecule has 1 aromatic heterocycles. The number of hydrogen-bond acceptors (Lipinski definition) is 3. The van der Waals surface area contributed by atoms with Crippen molar-refractivity contribution in [2.75, 3.05) is 0 Å². The summed E-state index contributed by atoms with van der Waals surface area (Å²) in [6.07, 6.45) is 5.65. The number of nitrogens with one attached hydrogen (secondary N) is 1. The predicted octanol–water partition coefficient (Wildman–Crippen LogP) is 3.35. The van der Waals surface area contributed by atoms with E-state index in [4.69, 9.17) is 0 Å². The molecule has 0 fully saturated rings. The molecular weight excluding hydrogens is 262 g/mol. The van der Waals surface area contributed by atoms with Crippen LogP contribution in [0.15, 0.2) is 43.0 Å². The van der Waals surface area contributed by atoms with Gasteiger partial charge in [-0.2, -0.15) is 0 Å². The first kappa shape index (κ1) is 15.6. The van der Waals surface area contributed by atoms with Gasteiger partial charge in [0, 0.05) is 31.0 Å². The fraction of sp³-hybridized carbons (Fsp3) is 0.471. The normalized spacial score (nSPS) is 14.9. The Labute approximate surface area is 126 Å². The molecule has 4 nitrogen and oxygen atoms in total. The van der Waals surface area contributed by atoms with Crippen molar-refractivity contribution in [2.24, 2.45) is 5.41 Å². The van der Waals surface area contributed by atoms with Crippen molar-refractivity contribution in [3.63, 3.8) is 0 Å². The van der Waals surface area contributed by atoms with Gasteiger partial charge >= 0.3 is 0 Å². The van der Waals surface area contributed by atoms with Crippen molar-refractivity contribution in [2.45, 2.75) is 46.3 Å². The van der Waals surface area contributed by atoms with Crippen LogP contribution in [0.25, 0.3) is 0 Å². The van der Waals surface area contributed by atoms with Gasteiger partial charge in [-0.3, -0.25) is 0 Å². The lowest BCUT2D eigenvalue weighted by molar-refractivity contribution is 0.225. The lowest BCUT2D eigenvalue weighted by atomic mass is 9.85. The summed E-state index contributed by atoms with van der Waals surface area (Å²) in [5, 5.41) is 13.1. The van der Waals surface area contributed by atoms with E-state index in [0.717, 1.165) is 6.54 Å². The van der Waals surface area contributed by atoms with Gasteiger partial charge in [-0.1, -0.05) is 32.9 Å². The molecule has 2 N–H and O–H groups in total. The fourth-order valence-corrected chi connectivity index (χ4v) is 2.34. The van der Waals surface area contributed by atoms with E-state index in [1.165, 1.54) is 5.56 Å². The van der Waals surface area contributed by atoms with Crippen molar-refractivity contribution in [1.29, 1.82) is 0 Å². The summed E-state index contributed by atoms with van der Waals surface area (Å²) in [6, 6.07) is 7.92. The Hall–Kier alpha value is -1.81. The van der Waals surface area contributed by atoms with E-state index in [0.29, 0.717) is 11.8 Å². The van der Waals surface area contributed by atoms with Gasteiger partial charge in [-0.15, -0.1) is 0 Å². The van der Waals surface area contributed by atoms with Gasteiger partial charge in [0.05, 0.1) is 6.33 Å². The Morgan fingerprint density at radius 2 is 1.90 bits per heavy atom. The Bertz CT molecular complexity index is 540. The molecule has 2 atom stereocenters. The van der Waals surface area contributed by atoms with Crippen LogP contribution in [0.4, 0.5) is 0 Å². The number of phenolic OH excluding ortho intramolecular Hbond substituents is 1. The number of rotatable bonds is 5. The number of hydrogen-bond donors (Lipinski definition) is 2. The van der Waals surface area contributed by atoms with E-state index in [-0.39, 0.29) is 11.5 Å². The van der Waals surface area contributed by atoms with Gasteiger partial charge in [0.15, 0.2) is 0 Å². The zero-order valence-electron chi connectivity index (χ0n) is 13.2. The summed E-state index contributed by atoms with van der Waals surface area (Å²) in [4.78, 5) is 4.11. The van der Waals surface area contributed by atoms with Crippen LogP contribution in [-0.2, 0) is 6.54 Å². The SMILES string of the molecule is CC(NC(Cn1ccnc1)C(C)(C)C)c1ccc(O)cc1. The first-order chi connectivity index (χ1) is 9.86. The maximum atomic E-state index is 9.39. The summed E-state index contributed by atoms with van der Waals surface area (Å²) >= 11 is 0. The van der Waals surface area contributed by atoms with E-state index in [9.17, 15) is 5.11 Å². The van der Waals surface area contributed by atoms with Crippen LogP contribution in [0.2, 0.25) is 0 Å². The Kier molecular flexibility index (Phi) is 4.68. The molecule has 2 aromatic rings. The molecule has 0 aliphatic rings. The third kappa shape index (κ3) is 4.33. The van der Waals surface area contributed by atoms with Crippen molar-refractivity contribution < 1.29 is 5.11 Å². The summed E-state index contributed by atoms with van der Waals surface area (Å²) in [7, 11) is 0. The highest BCUT2D eigenvalue weighted by atomic mass is 16.3. The van der Waals surface area contributed by atoms with Crippen LogP contribution in [0.5, 0.6) is 5.75 Å². The van der Waals surface area contributed by atoms with E-state index >= 15 is 0 Å². The Morgan fingerprint density at radius 1 is 1.24 bits per heavy atom. The molecule has 0 radical (unpaired) electrons. The lowest BCUT2D eigenvalue weighted by Crippen LogP contribution is -2.44. The number of imidazole rings is 1. The van der Waals surface area contributed by atoms with Crippen LogP contribution < -0.4 is 5.32 Å². The minimum atomic E-state index is 0.134. The van der Waals surface area contributed by atoms with Gasteiger partial charge in [0.1, 0.15) is 5.75 Å². The molecule has 0 amide bonds. The second kappa shape index (κ2) is 6.31. The second-order valence-corrected chi connectivity index (χ2v) is 6.66. The summed E-state index contributed by atoms with van der Waals surface area (Å²) in [5.74, 6) is 0.303. The molecule has 0 saturated heterocycles. The summed E-state index contributed by atoms with van der Waals surface area (Å²) in [5.41, 5.74) is 1.31. The molecular formula is C17H25N3O. The number of phenols is 1. The van der Waals surface area contributed by atoms with Gasteiger partial charge in [0.2, 0.25) is 0 Å². The van der Waals surface area contributed by atoms with Crippen LogP contribution in [-0.4, -0.2) is 20.7 Å². The molecule has 2 unspecified atom stereocenters. The molecule has 2 rings (SSSR count). The maximum absolute atomic E-state index is 9.39. The topological polar surface area (TPSA) is 50.1 Å². The predicted molar refractivity (Wildman–Crippen MR) is 85.1 cm³/mol. The third-order valence-electron chi connectivity index (χ3n) is 3.84. The van der Waals surface area contributed by atoms with Crippen LogP contribution in [0, 0.1) is 5.41 Å². The third-order valence-corrected chi connectivity index (χ3v) is 3.84. The molecule has 21 heavy (non-hydrogen) atoms. The average molecular weight is 287 g/mol. The molecule has 1 aromatic carbocycles. The molecule has 4 heteroatoms. The largest absolute Gasteiger partial charge is 0.508 e. The fourth-order valence-electron chi connectivity index (χ4n) is 2.34. The number of nitrogens with zero attached hydrogens (tertiary/aromatic N) is 2. The van der Waals surface area contributed by atoms with Crippen molar-refractivity contribution in [3.05, 3.63) is 48.5 Å². The van der Waals surface area contributed by atoms with Gasteiger partial charge < -0.3 is 15.0 Å². The second-order valence-electron chi connectivity index (χ2n) is 6.66. The van der Waals surface area contributed by atoms with Crippen LogP contribution in [0.3, 0.4) is 0 Å². The van der Waals surface area contributed by atoms with Gasteiger partial charge in [-0.05, 0) is 30.0 Å². The molecule has 0 aliphatic carbocycles. The lowest BCUT2D eigenvalue weighted by Gasteiger charge is -2.34. The molecule has 0 spiro atoms. The molecule has 1 heterocycles. The monoisotopic (exact) mass is 287 g/mol. The molecule has 0 saturated carbocycles. The van der Waals surface area contributed by atoms with Crippen molar-refractivity contribution >= 4 is 0 Å². The molecule has 114 valence electrons. The van der Waals surface area contributed by atoms with Gasteiger partial charge in [0.25, 0.3) is 0 Å². The number of benzene rings is 1. The smallest absolute Gasteiger partial charge is 0.115 e. The van der Waals surface area contributed by atoms with E-state index in [2.05, 4.69) is 42.6 Å². The summed E-state index contributed by atoms with van der Waals surface area (Å²) < 4.78 is 2.10. The molecule has 0 aliphatic heterocycles. The minimum absolute atomic E-state index is 0.134. The van der Waals surface area contributed by atoms with E-state index in [1.807, 2.05) is 30.9 Å². The zero-order chi connectivity index (χ0) is 15.5. The van der Waals surface area contributed by atoms with Crippen LogP contribution in [0.1, 0.15) is 39.3 Å². The highest BCUT2D eigenvalue weighted by Crippen LogP contribution is 2.25. The van der Waals surface area contributed by atoms with Crippen LogP contribution >= 0.6 is 0 Å². The zero-order valence-corrected chi connectivity index (χ0v) is 13.2. The Balaban J connectivity index is 2.09. The number of aromatic hydroxyl groups is 1. The van der Waals surface area contributed by atoms with Crippen molar-refractivity contribution in [3.8, 4) is 5.75 Å². The highest BCUT2D eigenvalue weighted by molar-refractivity contribution is 5.27. The highest BCUT2D eigenvalue weighted by Gasteiger charge is 2.26. The first-order valence-corrected chi connectivity index (χ1v) is 7.37. The Morgan fingerprint density at radius 3 is 2.43 bits per heavy atom. The number of aromatic nitrogens is 2. The van der Waals surface area contributed by atoms with Crippen molar-refractivity contribution in [1.82, 2.24) is 14.9 Å². The molecule has 0 bridgehead atoms. The van der Waals surface area contributed by atoms with E-state index in [1.54, 1.807) is 12.1 Å². The van der Waals surface area contributed by atoms with E-state index < -0.39 is 0 Å². The first-order valence-electron chi connectivity index (χ1n) is 7.37. The summed E-state index contributed by atoms with van der Waals surface area (Å²) in [6.45, 7) is 9.76.